The second kappa shape index (κ2) is 7.92. The number of aryl methyl sites for hydroxylation is 1. The van der Waals surface area contributed by atoms with Gasteiger partial charge in [-0.05, 0) is 26.0 Å². The summed E-state index contributed by atoms with van der Waals surface area (Å²) in [6.07, 6.45) is 1.60. The summed E-state index contributed by atoms with van der Waals surface area (Å²) >= 11 is 0. The van der Waals surface area contributed by atoms with Gasteiger partial charge >= 0.3 is 0 Å². The van der Waals surface area contributed by atoms with Crippen molar-refractivity contribution in [2.24, 2.45) is 0 Å². The molecule has 0 spiro atoms. The van der Waals surface area contributed by atoms with Crippen molar-refractivity contribution in [2.45, 2.75) is 13.8 Å². The molecule has 3 N–H and O–H groups in total. The molecule has 0 aliphatic heterocycles. The van der Waals surface area contributed by atoms with Gasteiger partial charge in [0.2, 0.25) is 0 Å². The number of amides is 1. The van der Waals surface area contributed by atoms with E-state index in [4.69, 9.17) is 0 Å². The second-order valence-corrected chi connectivity index (χ2v) is 4.61. The lowest BCUT2D eigenvalue weighted by Gasteiger charge is -2.09. The van der Waals surface area contributed by atoms with Crippen LogP contribution in [-0.2, 0) is 0 Å². The van der Waals surface area contributed by atoms with Crippen molar-refractivity contribution in [3.05, 3.63) is 42.0 Å². The molecule has 0 unspecified atom stereocenters. The van der Waals surface area contributed by atoms with Gasteiger partial charge in [0, 0.05) is 31.9 Å². The molecule has 0 aliphatic rings. The number of carbonyl (C=O) groups is 1. The Bertz CT molecular complexity index is 617. The maximum atomic E-state index is 11.8. The first-order valence-corrected chi connectivity index (χ1v) is 7.21. The maximum absolute atomic E-state index is 11.8. The predicted molar refractivity (Wildman–Crippen MR) is 86.0 cm³/mol. The van der Waals surface area contributed by atoms with Gasteiger partial charge in [-0.2, -0.15) is 0 Å². The number of pyridine rings is 1. The van der Waals surface area contributed by atoms with Crippen LogP contribution in [0.3, 0.4) is 0 Å². The van der Waals surface area contributed by atoms with Crippen molar-refractivity contribution in [1.29, 1.82) is 0 Å². The van der Waals surface area contributed by atoms with Gasteiger partial charge in [-0.1, -0.05) is 6.07 Å². The molecule has 0 radical (unpaired) electrons. The molecule has 7 nitrogen and oxygen atoms in total. The number of rotatable bonds is 7. The van der Waals surface area contributed by atoms with Crippen LogP contribution in [0.5, 0.6) is 0 Å². The topological polar surface area (TPSA) is 91.8 Å². The highest BCUT2D eigenvalue weighted by atomic mass is 16.1. The minimum atomic E-state index is -0.186. The van der Waals surface area contributed by atoms with E-state index in [2.05, 4.69) is 30.9 Å². The molecule has 1 amide bonds. The zero-order valence-corrected chi connectivity index (χ0v) is 12.8. The van der Waals surface area contributed by atoms with E-state index in [9.17, 15) is 4.79 Å². The number of nitrogens with one attached hydrogen (secondary N) is 3. The van der Waals surface area contributed by atoms with Gasteiger partial charge in [-0.3, -0.25) is 9.78 Å². The predicted octanol–water partition coefficient (Wildman–Crippen LogP) is 1.45. The lowest BCUT2D eigenvalue weighted by atomic mass is 10.3. The summed E-state index contributed by atoms with van der Waals surface area (Å²) in [5.74, 6) is 2.03. The summed E-state index contributed by atoms with van der Waals surface area (Å²) in [6.45, 7) is 5.71. The summed E-state index contributed by atoms with van der Waals surface area (Å²) in [7, 11) is 0. The summed E-state index contributed by atoms with van der Waals surface area (Å²) < 4.78 is 0. The Hall–Kier alpha value is -2.70. The van der Waals surface area contributed by atoms with Crippen LogP contribution < -0.4 is 16.0 Å². The van der Waals surface area contributed by atoms with Crippen LogP contribution in [-0.4, -0.2) is 40.5 Å². The fraction of sp³-hybridized carbons (Fsp3) is 0.333. The largest absolute Gasteiger partial charge is 0.370 e. The lowest BCUT2D eigenvalue weighted by molar-refractivity contribution is 0.0950. The molecular formula is C15H20N6O. The third-order valence-electron chi connectivity index (χ3n) is 2.81. The zero-order valence-electron chi connectivity index (χ0n) is 12.8. The molecule has 0 fully saturated rings. The summed E-state index contributed by atoms with van der Waals surface area (Å²) in [6, 6.07) is 7.08. The number of carbonyl (C=O) groups excluding carboxylic acids is 1. The standard InChI is InChI=1S/C15H20N6O/c1-3-16-13-10-14(21-11(2)20-13)18-8-9-19-15(22)12-6-4-5-7-17-12/h4-7,10H,3,8-9H2,1-2H3,(H,19,22)(H2,16,18,20,21). The van der Waals surface area contributed by atoms with Crippen molar-refractivity contribution >= 4 is 17.5 Å². The molecule has 0 saturated carbocycles. The molecule has 0 aliphatic carbocycles. The van der Waals surface area contributed by atoms with Gasteiger partial charge in [-0.15, -0.1) is 0 Å². The van der Waals surface area contributed by atoms with Crippen LogP contribution in [0.4, 0.5) is 11.6 Å². The first-order chi connectivity index (χ1) is 10.7. The number of hydrogen-bond acceptors (Lipinski definition) is 6. The summed E-state index contributed by atoms with van der Waals surface area (Å²) in [4.78, 5) is 24.4. The molecule has 0 saturated heterocycles. The van der Waals surface area contributed by atoms with Gasteiger partial charge in [0.05, 0.1) is 0 Å². The molecule has 2 aromatic rings. The number of aromatic nitrogens is 3. The Labute approximate surface area is 129 Å². The highest BCUT2D eigenvalue weighted by Crippen LogP contribution is 2.10. The third-order valence-corrected chi connectivity index (χ3v) is 2.81. The molecule has 116 valence electrons. The average Bonchev–Trinajstić information content (AvgIpc) is 2.52. The fourth-order valence-electron chi connectivity index (χ4n) is 1.88. The highest BCUT2D eigenvalue weighted by molar-refractivity contribution is 5.92. The van der Waals surface area contributed by atoms with Crippen LogP contribution in [0.15, 0.2) is 30.5 Å². The molecule has 2 aromatic heterocycles. The van der Waals surface area contributed by atoms with E-state index < -0.39 is 0 Å². The molecule has 7 heteroatoms. The van der Waals surface area contributed by atoms with Crippen LogP contribution in [0, 0.1) is 6.92 Å². The summed E-state index contributed by atoms with van der Waals surface area (Å²) in [5, 5.41) is 9.12. The van der Waals surface area contributed by atoms with E-state index in [1.807, 2.05) is 19.9 Å². The fourth-order valence-corrected chi connectivity index (χ4v) is 1.88. The monoisotopic (exact) mass is 300 g/mol. The van der Waals surface area contributed by atoms with Gasteiger partial charge in [0.25, 0.3) is 5.91 Å². The van der Waals surface area contributed by atoms with Gasteiger partial charge in [0.1, 0.15) is 23.2 Å². The number of anilines is 2. The van der Waals surface area contributed by atoms with Gasteiger partial charge in [0.15, 0.2) is 0 Å². The Morgan fingerprint density at radius 2 is 1.91 bits per heavy atom. The maximum Gasteiger partial charge on any atom is 0.269 e. The quantitative estimate of drug-likeness (QED) is 0.670. The van der Waals surface area contributed by atoms with E-state index in [1.165, 1.54) is 0 Å². The van der Waals surface area contributed by atoms with E-state index >= 15 is 0 Å². The van der Waals surface area contributed by atoms with Gasteiger partial charge in [-0.25, -0.2) is 9.97 Å². The Balaban J connectivity index is 1.80. The van der Waals surface area contributed by atoms with E-state index in [1.54, 1.807) is 24.4 Å². The normalized spacial score (nSPS) is 10.1. The molecule has 0 atom stereocenters. The first kappa shape index (κ1) is 15.7. The summed E-state index contributed by atoms with van der Waals surface area (Å²) in [5.41, 5.74) is 0.412. The Kier molecular flexibility index (Phi) is 5.65. The minimum Gasteiger partial charge on any atom is -0.370 e. The molecule has 2 rings (SSSR count). The number of hydrogen-bond donors (Lipinski definition) is 3. The van der Waals surface area contributed by atoms with Crippen molar-refractivity contribution < 1.29 is 4.79 Å². The number of nitrogens with zero attached hydrogens (tertiary/aromatic N) is 3. The van der Waals surface area contributed by atoms with E-state index in [0.29, 0.717) is 24.6 Å². The molecule has 22 heavy (non-hydrogen) atoms. The lowest BCUT2D eigenvalue weighted by Crippen LogP contribution is -2.29. The minimum absolute atomic E-state index is 0.186. The third kappa shape index (κ3) is 4.69. The van der Waals surface area contributed by atoms with Gasteiger partial charge < -0.3 is 16.0 Å². The molecular weight excluding hydrogens is 280 g/mol. The SMILES string of the molecule is CCNc1cc(NCCNC(=O)c2ccccn2)nc(C)n1. The van der Waals surface area contributed by atoms with Crippen LogP contribution in [0.25, 0.3) is 0 Å². The zero-order chi connectivity index (χ0) is 15.8. The van der Waals surface area contributed by atoms with Crippen molar-refractivity contribution in [2.75, 3.05) is 30.3 Å². The van der Waals surface area contributed by atoms with Crippen molar-refractivity contribution in [3.8, 4) is 0 Å². The van der Waals surface area contributed by atoms with E-state index in [0.717, 1.165) is 18.2 Å². The Morgan fingerprint density at radius 3 is 2.59 bits per heavy atom. The van der Waals surface area contributed by atoms with Crippen molar-refractivity contribution in [3.63, 3.8) is 0 Å². The molecule has 0 bridgehead atoms. The first-order valence-electron chi connectivity index (χ1n) is 7.21. The molecule has 2 heterocycles. The highest BCUT2D eigenvalue weighted by Gasteiger charge is 2.05. The smallest absolute Gasteiger partial charge is 0.269 e. The van der Waals surface area contributed by atoms with Crippen LogP contribution in [0.1, 0.15) is 23.2 Å². The van der Waals surface area contributed by atoms with E-state index in [-0.39, 0.29) is 5.91 Å². The van der Waals surface area contributed by atoms with Crippen molar-refractivity contribution in [1.82, 2.24) is 20.3 Å². The van der Waals surface area contributed by atoms with Crippen LogP contribution in [0.2, 0.25) is 0 Å². The Morgan fingerprint density at radius 1 is 1.14 bits per heavy atom. The second-order valence-electron chi connectivity index (χ2n) is 4.61. The van der Waals surface area contributed by atoms with Crippen LogP contribution >= 0.6 is 0 Å². The molecule has 0 aromatic carbocycles. The average molecular weight is 300 g/mol.